The zero-order chi connectivity index (χ0) is 23.7. The molecule has 176 valence electrons. The Balaban J connectivity index is 1.22. The average molecular weight is 495 g/mol. The zero-order valence-electron chi connectivity index (χ0n) is 19.0. The van der Waals surface area contributed by atoms with Crippen LogP contribution in [0.1, 0.15) is 56.5 Å². The molecule has 1 atom stereocenters. The van der Waals surface area contributed by atoms with Crippen LogP contribution in [0, 0.1) is 0 Å². The number of amides is 2. The Hall–Kier alpha value is -2.90. The van der Waals surface area contributed by atoms with Crippen LogP contribution in [-0.4, -0.2) is 47.9 Å². The van der Waals surface area contributed by atoms with Crippen molar-refractivity contribution in [1.82, 2.24) is 15.2 Å². The van der Waals surface area contributed by atoms with Crippen molar-refractivity contribution in [3.8, 4) is 0 Å². The lowest BCUT2D eigenvalue weighted by Crippen LogP contribution is -2.45. The molecule has 0 saturated carbocycles. The molecule has 34 heavy (non-hydrogen) atoms. The Morgan fingerprint density at radius 3 is 2.59 bits per heavy atom. The maximum absolute atomic E-state index is 13.3. The Bertz CT molecular complexity index is 1190. The molecule has 1 N–H and O–H groups in total. The predicted octanol–water partition coefficient (Wildman–Crippen LogP) is 4.95. The fourth-order valence-electron chi connectivity index (χ4n) is 5.02. The van der Waals surface area contributed by atoms with Crippen LogP contribution in [0.5, 0.6) is 0 Å². The number of fused-ring (bicyclic) bond motifs is 1. The minimum atomic E-state index is -0.143. The van der Waals surface area contributed by atoms with Crippen LogP contribution in [0.15, 0.2) is 54.2 Å². The topological polar surface area (TPSA) is 65.5 Å². The first kappa shape index (κ1) is 22.9. The monoisotopic (exact) mass is 494 g/mol. The maximum Gasteiger partial charge on any atom is 0.263 e. The minimum Gasteiger partial charge on any atom is -0.371 e. The highest BCUT2D eigenvalue weighted by Crippen LogP contribution is 2.33. The standard InChI is InChI=1S/C26H27ClN4O2S/c1-30(19-8-13-31(14-9-19)20-6-11-28-12-7-20)26(33)18-2-4-21-17(16-18)3-5-23(21)29-25(32)24-22(27)10-15-34-24/h2,4,6-7,10-12,15-16,19,23H,3,5,8-9,13-14H2,1H3,(H,29,32). The van der Waals surface area contributed by atoms with Crippen molar-refractivity contribution < 1.29 is 9.59 Å². The molecule has 1 saturated heterocycles. The summed E-state index contributed by atoms with van der Waals surface area (Å²) in [6.07, 6.45) is 7.18. The Kier molecular flexibility index (Phi) is 6.57. The molecule has 0 spiro atoms. The van der Waals surface area contributed by atoms with Crippen molar-refractivity contribution in [2.75, 3.05) is 25.0 Å². The summed E-state index contributed by atoms with van der Waals surface area (Å²) in [5.41, 5.74) is 4.12. The Labute approximate surface area is 208 Å². The number of carbonyl (C=O) groups excluding carboxylic acids is 2. The molecule has 3 heterocycles. The molecule has 2 amide bonds. The lowest BCUT2D eigenvalue weighted by Gasteiger charge is -2.37. The van der Waals surface area contributed by atoms with Crippen molar-refractivity contribution in [1.29, 1.82) is 0 Å². The molecule has 0 bridgehead atoms. The van der Waals surface area contributed by atoms with Crippen molar-refractivity contribution >= 4 is 40.4 Å². The highest BCUT2D eigenvalue weighted by atomic mass is 35.5. The molecular formula is C26H27ClN4O2S. The van der Waals surface area contributed by atoms with Gasteiger partial charge in [0.1, 0.15) is 4.88 Å². The predicted molar refractivity (Wildman–Crippen MR) is 136 cm³/mol. The van der Waals surface area contributed by atoms with Crippen LogP contribution >= 0.6 is 22.9 Å². The van der Waals surface area contributed by atoms with Crippen LogP contribution < -0.4 is 10.2 Å². The van der Waals surface area contributed by atoms with E-state index in [1.807, 2.05) is 60.1 Å². The number of carbonyl (C=O) groups is 2. The summed E-state index contributed by atoms with van der Waals surface area (Å²) in [6.45, 7) is 1.85. The summed E-state index contributed by atoms with van der Waals surface area (Å²) in [5, 5.41) is 5.40. The van der Waals surface area contributed by atoms with Gasteiger partial charge in [0.05, 0.1) is 11.1 Å². The lowest BCUT2D eigenvalue weighted by atomic mass is 10.0. The number of pyridine rings is 1. The maximum atomic E-state index is 13.3. The van der Waals surface area contributed by atoms with Gasteiger partial charge in [0, 0.05) is 49.8 Å². The van der Waals surface area contributed by atoms with E-state index in [1.165, 1.54) is 17.0 Å². The van der Waals surface area contributed by atoms with Gasteiger partial charge in [-0.3, -0.25) is 14.6 Å². The number of anilines is 1. The largest absolute Gasteiger partial charge is 0.371 e. The zero-order valence-corrected chi connectivity index (χ0v) is 20.6. The van der Waals surface area contributed by atoms with E-state index >= 15 is 0 Å². The molecule has 1 aliphatic heterocycles. The number of nitrogens with one attached hydrogen (secondary N) is 1. The fourth-order valence-corrected chi connectivity index (χ4v) is 6.06. The summed E-state index contributed by atoms with van der Waals surface area (Å²) >= 11 is 7.46. The lowest BCUT2D eigenvalue weighted by molar-refractivity contribution is 0.0709. The van der Waals surface area contributed by atoms with Gasteiger partial charge in [-0.15, -0.1) is 11.3 Å². The summed E-state index contributed by atoms with van der Waals surface area (Å²) in [5.74, 6) is -0.0844. The smallest absolute Gasteiger partial charge is 0.263 e. The van der Waals surface area contributed by atoms with E-state index < -0.39 is 0 Å². The molecule has 3 aromatic rings. The third-order valence-electron chi connectivity index (χ3n) is 6.96. The van der Waals surface area contributed by atoms with Crippen molar-refractivity contribution in [3.05, 3.63) is 80.8 Å². The second-order valence-corrected chi connectivity index (χ2v) is 10.2. The third kappa shape index (κ3) is 4.55. The van der Waals surface area contributed by atoms with E-state index in [0.29, 0.717) is 15.5 Å². The molecule has 8 heteroatoms. The van der Waals surface area contributed by atoms with Gasteiger partial charge in [0.25, 0.3) is 11.8 Å². The Morgan fingerprint density at radius 1 is 1.12 bits per heavy atom. The number of nitrogens with zero attached hydrogens (tertiary/aromatic N) is 3. The van der Waals surface area contributed by atoms with Gasteiger partial charge >= 0.3 is 0 Å². The third-order valence-corrected chi connectivity index (χ3v) is 8.30. The van der Waals surface area contributed by atoms with Crippen molar-refractivity contribution in [3.63, 3.8) is 0 Å². The molecule has 0 radical (unpaired) electrons. The van der Waals surface area contributed by atoms with E-state index in [0.717, 1.165) is 49.9 Å². The molecule has 2 aliphatic rings. The van der Waals surface area contributed by atoms with Gasteiger partial charge in [-0.25, -0.2) is 0 Å². The summed E-state index contributed by atoms with van der Waals surface area (Å²) in [4.78, 5) is 34.7. The highest BCUT2D eigenvalue weighted by molar-refractivity contribution is 7.12. The number of thiophene rings is 1. The number of benzene rings is 1. The quantitative estimate of drug-likeness (QED) is 0.544. The number of hydrogen-bond acceptors (Lipinski definition) is 5. The number of halogens is 1. The second kappa shape index (κ2) is 9.76. The van der Waals surface area contributed by atoms with Crippen LogP contribution in [0.3, 0.4) is 0 Å². The molecule has 1 fully saturated rings. The SMILES string of the molecule is CN(C(=O)c1ccc2c(c1)CCC2NC(=O)c1sccc1Cl)C1CCN(c2ccncc2)CC1. The van der Waals surface area contributed by atoms with E-state index in [4.69, 9.17) is 11.6 Å². The van der Waals surface area contributed by atoms with Crippen molar-refractivity contribution in [2.45, 2.75) is 37.8 Å². The molecular weight excluding hydrogens is 468 g/mol. The molecule has 1 aliphatic carbocycles. The normalized spacial score (nSPS) is 17.9. The molecule has 2 aromatic heterocycles. The van der Waals surface area contributed by atoms with Crippen LogP contribution in [0.25, 0.3) is 0 Å². The number of aromatic nitrogens is 1. The van der Waals surface area contributed by atoms with Gasteiger partial charge in [0.15, 0.2) is 0 Å². The molecule has 1 unspecified atom stereocenters. The van der Waals surface area contributed by atoms with Gasteiger partial charge in [-0.1, -0.05) is 17.7 Å². The van der Waals surface area contributed by atoms with Gasteiger partial charge in [-0.05, 0) is 72.5 Å². The average Bonchev–Trinajstić information content (AvgIpc) is 3.49. The van der Waals surface area contributed by atoms with E-state index in [-0.39, 0.29) is 23.9 Å². The van der Waals surface area contributed by atoms with E-state index in [1.54, 1.807) is 6.07 Å². The summed E-state index contributed by atoms with van der Waals surface area (Å²) in [7, 11) is 1.91. The number of rotatable bonds is 5. The highest BCUT2D eigenvalue weighted by Gasteiger charge is 2.29. The molecule has 1 aromatic carbocycles. The second-order valence-electron chi connectivity index (χ2n) is 8.92. The first-order valence-corrected chi connectivity index (χ1v) is 12.9. The Morgan fingerprint density at radius 2 is 1.88 bits per heavy atom. The van der Waals surface area contributed by atoms with E-state index in [2.05, 4.69) is 15.2 Å². The first-order valence-electron chi connectivity index (χ1n) is 11.6. The van der Waals surface area contributed by atoms with Gasteiger partial charge in [0.2, 0.25) is 0 Å². The van der Waals surface area contributed by atoms with Crippen LogP contribution in [-0.2, 0) is 6.42 Å². The molecule has 6 nitrogen and oxygen atoms in total. The number of hydrogen-bond donors (Lipinski definition) is 1. The van der Waals surface area contributed by atoms with Crippen LogP contribution in [0.2, 0.25) is 5.02 Å². The number of piperidine rings is 1. The fraction of sp³-hybridized carbons (Fsp3) is 0.346. The van der Waals surface area contributed by atoms with Gasteiger partial charge in [-0.2, -0.15) is 0 Å². The van der Waals surface area contributed by atoms with E-state index in [9.17, 15) is 9.59 Å². The summed E-state index contributed by atoms with van der Waals surface area (Å²) < 4.78 is 0. The van der Waals surface area contributed by atoms with Crippen LogP contribution in [0.4, 0.5) is 5.69 Å². The van der Waals surface area contributed by atoms with Gasteiger partial charge < -0.3 is 15.1 Å². The first-order chi connectivity index (χ1) is 16.5. The van der Waals surface area contributed by atoms with Crippen molar-refractivity contribution in [2.24, 2.45) is 0 Å². The summed E-state index contributed by atoms with van der Waals surface area (Å²) in [6, 6.07) is 11.9. The number of aryl methyl sites for hydroxylation is 1. The minimum absolute atomic E-state index is 0.0555. The molecule has 5 rings (SSSR count).